The molecule has 2 saturated heterocycles. The van der Waals surface area contributed by atoms with Gasteiger partial charge in [-0.3, -0.25) is 4.99 Å². The number of aliphatic hydroxyl groups is 1. The van der Waals surface area contributed by atoms with Crippen molar-refractivity contribution in [3.63, 3.8) is 0 Å². The van der Waals surface area contributed by atoms with Gasteiger partial charge in [0, 0.05) is 6.42 Å². The van der Waals surface area contributed by atoms with Crippen LogP contribution in [0.5, 0.6) is 0 Å². The number of aliphatic hydroxyl groups excluding tert-OH is 1. The highest BCUT2D eigenvalue weighted by Gasteiger charge is 2.44. The predicted molar refractivity (Wildman–Crippen MR) is 60.5 cm³/mol. The molecule has 0 spiro atoms. The monoisotopic (exact) mass is 264 g/mol. The molecule has 4 unspecified atom stereocenters. The Bertz CT molecular complexity index is 338. The van der Waals surface area contributed by atoms with Crippen LogP contribution in [-0.2, 0) is 4.74 Å². The van der Waals surface area contributed by atoms with E-state index in [2.05, 4.69) is 4.99 Å². The number of hydrogen-bond donors (Lipinski definition) is 1. The highest BCUT2D eigenvalue weighted by atomic mass is 32.2. The molecule has 3 aliphatic rings. The Hall–Kier alpha value is -0.400. The molecule has 0 amide bonds. The fourth-order valence-electron chi connectivity index (χ4n) is 2.24. The molecule has 7 heteroatoms. The van der Waals surface area contributed by atoms with E-state index in [1.165, 1.54) is 11.8 Å². The second kappa shape index (κ2) is 4.37. The van der Waals surface area contributed by atoms with Crippen molar-refractivity contribution in [3.8, 4) is 0 Å². The van der Waals surface area contributed by atoms with E-state index in [-0.39, 0.29) is 11.5 Å². The van der Waals surface area contributed by atoms with Crippen LogP contribution < -0.4 is 0 Å². The van der Waals surface area contributed by atoms with Crippen LogP contribution >= 0.6 is 11.8 Å². The summed E-state index contributed by atoms with van der Waals surface area (Å²) < 4.78 is 30.8. The minimum atomic E-state index is -0.796. The number of likely N-dealkylation sites (tertiary alicyclic amines) is 1. The fraction of sp³-hybridized carbons (Fsp3) is 0.900. The van der Waals surface area contributed by atoms with E-state index in [9.17, 15) is 13.9 Å². The average Bonchev–Trinajstić information content (AvgIpc) is 2.65. The van der Waals surface area contributed by atoms with Crippen molar-refractivity contribution in [3.05, 3.63) is 0 Å². The number of aliphatic imine (C=N–C) groups is 1. The molecule has 3 rings (SSSR count). The zero-order valence-electron chi connectivity index (χ0n) is 9.13. The van der Waals surface area contributed by atoms with Gasteiger partial charge in [0.25, 0.3) is 0 Å². The Labute approximate surface area is 102 Å². The van der Waals surface area contributed by atoms with Gasteiger partial charge < -0.3 is 14.7 Å². The van der Waals surface area contributed by atoms with E-state index in [0.717, 1.165) is 5.17 Å². The van der Waals surface area contributed by atoms with Crippen LogP contribution in [0.3, 0.4) is 0 Å². The standard InChI is InChI=1S/C10H14F2N2O2S/c11-2-8-7(15)1-6-9(16-8)17-10(13-6)14-3-5(12)4-14/h5-9,15H,1-4H2. The first-order chi connectivity index (χ1) is 8.17. The van der Waals surface area contributed by atoms with Crippen molar-refractivity contribution in [1.29, 1.82) is 0 Å². The first-order valence-electron chi connectivity index (χ1n) is 5.70. The summed E-state index contributed by atoms with van der Waals surface area (Å²) in [7, 11) is 0. The third-order valence-electron chi connectivity index (χ3n) is 3.29. The number of rotatable bonds is 1. The summed E-state index contributed by atoms with van der Waals surface area (Å²) in [6, 6.07) is -0.133. The van der Waals surface area contributed by atoms with E-state index in [0.29, 0.717) is 19.5 Å². The Morgan fingerprint density at radius 3 is 2.94 bits per heavy atom. The molecule has 1 N–H and O–H groups in total. The van der Waals surface area contributed by atoms with Crippen LogP contribution in [0.1, 0.15) is 6.42 Å². The second-order valence-electron chi connectivity index (χ2n) is 4.60. The number of nitrogens with zero attached hydrogens (tertiary/aromatic N) is 2. The van der Waals surface area contributed by atoms with Crippen LogP contribution in [0.15, 0.2) is 4.99 Å². The maximum atomic E-state index is 12.7. The van der Waals surface area contributed by atoms with Gasteiger partial charge in [-0.25, -0.2) is 8.78 Å². The van der Waals surface area contributed by atoms with Gasteiger partial charge in [-0.15, -0.1) is 0 Å². The summed E-state index contributed by atoms with van der Waals surface area (Å²) in [6.45, 7) is 0.0667. The number of thioether (sulfide) groups is 1. The molecule has 0 aliphatic carbocycles. The van der Waals surface area contributed by atoms with Crippen molar-refractivity contribution in [2.24, 2.45) is 4.99 Å². The third kappa shape index (κ3) is 2.04. The van der Waals surface area contributed by atoms with E-state index < -0.39 is 25.1 Å². The number of hydrogen-bond acceptors (Lipinski definition) is 5. The molecule has 3 aliphatic heterocycles. The lowest BCUT2D eigenvalue weighted by molar-refractivity contribution is -0.100. The summed E-state index contributed by atoms with van der Waals surface area (Å²) in [4.78, 5) is 6.27. The number of amidine groups is 1. The minimum absolute atomic E-state index is 0.133. The zero-order chi connectivity index (χ0) is 12.0. The Morgan fingerprint density at radius 1 is 1.53 bits per heavy atom. The fourth-order valence-corrected chi connectivity index (χ4v) is 3.47. The van der Waals surface area contributed by atoms with Crippen molar-refractivity contribution in [1.82, 2.24) is 4.90 Å². The van der Waals surface area contributed by atoms with E-state index >= 15 is 0 Å². The van der Waals surface area contributed by atoms with Crippen molar-refractivity contribution >= 4 is 16.9 Å². The van der Waals surface area contributed by atoms with Crippen molar-refractivity contribution in [2.75, 3.05) is 19.8 Å². The molecule has 0 aromatic rings. The van der Waals surface area contributed by atoms with Crippen LogP contribution in [0.25, 0.3) is 0 Å². The number of ether oxygens (including phenoxy) is 1. The second-order valence-corrected chi connectivity index (χ2v) is 5.66. The molecule has 4 nitrogen and oxygen atoms in total. The van der Waals surface area contributed by atoms with Crippen LogP contribution in [0.4, 0.5) is 8.78 Å². The van der Waals surface area contributed by atoms with Gasteiger partial charge in [-0.1, -0.05) is 11.8 Å². The van der Waals surface area contributed by atoms with Gasteiger partial charge in [0.1, 0.15) is 24.4 Å². The molecule has 96 valence electrons. The van der Waals surface area contributed by atoms with Crippen LogP contribution in [0.2, 0.25) is 0 Å². The summed E-state index contributed by atoms with van der Waals surface area (Å²) >= 11 is 1.41. The topological polar surface area (TPSA) is 45.1 Å². The van der Waals surface area contributed by atoms with Gasteiger partial charge >= 0.3 is 0 Å². The van der Waals surface area contributed by atoms with E-state index in [1.807, 2.05) is 4.90 Å². The molecule has 3 heterocycles. The van der Waals surface area contributed by atoms with Gasteiger partial charge in [0.2, 0.25) is 0 Å². The summed E-state index contributed by atoms with van der Waals surface area (Å²) in [6.07, 6.45) is -1.90. The van der Waals surface area contributed by atoms with E-state index in [1.54, 1.807) is 0 Å². The third-order valence-corrected chi connectivity index (χ3v) is 4.52. The Morgan fingerprint density at radius 2 is 2.29 bits per heavy atom. The molecule has 2 fully saturated rings. The zero-order valence-corrected chi connectivity index (χ0v) is 9.95. The van der Waals surface area contributed by atoms with Gasteiger partial charge in [0.05, 0.1) is 25.2 Å². The molecule has 0 radical (unpaired) electrons. The highest BCUT2D eigenvalue weighted by Crippen LogP contribution is 2.38. The summed E-state index contributed by atoms with van der Waals surface area (Å²) in [5.41, 5.74) is -0.229. The average molecular weight is 264 g/mol. The molecule has 4 atom stereocenters. The van der Waals surface area contributed by atoms with Gasteiger partial charge in [-0.05, 0) is 0 Å². The van der Waals surface area contributed by atoms with Crippen molar-refractivity contribution < 1.29 is 18.6 Å². The number of fused-ring (bicyclic) bond motifs is 1. The lowest BCUT2D eigenvalue weighted by atomic mass is 10.0. The van der Waals surface area contributed by atoms with Gasteiger partial charge in [-0.2, -0.15) is 0 Å². The summed E-state index contributed by atoms with van der Waals surface area (Å²) in [5, 5.41) is 10.4. The summed E-state index contributed by atoms with van der Waals surface area (Å²) in [5.74, 6) is 0. The van der Waals surface area contributed by atoms with Crippen molar-refractivity contribution in [2.45, 2.75) is 36.3 Å². The molecule has 17 heavy (non-hydrogen) atoms. The Kier molecular flexibility index (Phi) is 3.00. The number of halogens is 2. The Balaban J connectivity index is 1.64. The normalized spacial score (nSPS) is 42.1. The van der Waals surface area contributed by atoms with Gasteiger partial charge in [0.15, 0.2) is 5.17 Å². The molecule has 0 saturated carbocycles. The predicted octanol–water partition coefficient (Wildman–Crippen LogP) is 0.557. The van der Waals surface area contributed by atoms with Crippen LogP contribution in [0, 0.1) is 0 Å². The molecular formula is C10H14F2N2O2S. The SMILES string of the molecule is OC1CC2N=C(N3CC(F)C3)SC2OC1CF. The molecule has 0 aromatic heterocycles. The first kappa shape index (κ1) is 11.7. The van der Waals surface area contributed by atoms with Crippen LogP contribution in [-0.4, -0.2) is 64.8 Å². The molecular weight excluding hydrogens is 250 g/mol. The quantitative estimate of drug-likeness (QED) is 0.751. The highest BCUT2D eigenvalue weighted by molar-refractivity contribution is 8.14. The lowest BCUT2D eigenvalue weighted by Gasteiger charge is -2.35. The number of alkyl halides is 2. The minimum Gasteiger partial charge on any atom is -0.390 e. The smallest absolute Gasteiger partial charge is 0.162 e. The first-order valence-corrected chi connectivity index (χ1v) is 6.58. The molecule has 0 bridgehead atoms. The maximum Gasteiger partial charge on any atom is 0.162 e. The maximum absolute atomic E-state index is 12.7. The molecule has 0 aromatic carbocycles. The van der Waals surface area contributed by atoms with E-state index in [4.69, 9.17) is 4.74 Å². The largest absolute Gasteiger partial charge is 0.390 e. The lowest BCUT2D eigenvalue weighted by Crippen LogP contribution is -2.50.